The number of hydrogen-bond acceptors (Lipinski definition) is 3. The van der Waals surface area contributed by atoms with E-state index in [0.717, 1.165) is 16.5 Å². The van der Waals surface area contributed by atoms with Crippen molar-refractivity contribution >= 4 is 10.8 Å². The van der Waals surface area contributed by atoms with Gasteiger partial charge in [-0.2, -0.15) is 5.48 Å². The number of nitrogens with zero attached hydrogens (tertiary/aromatic N) is 1. The Bertz CT molecular complexity index is 677. The van der Waals surface area contributed by atoms with Crippen molar-refractivity contribution < 1.29 is 4.84 Å². The van der Waals surface area contributed by atoms with Crippen LogP contribution in [0.4, 0.5) is 0 Å². The molecule has 0 aliphatic rings. The Kier molecular flexibility index (Phi) is 4.01. The Hall–Kier alpha value is -2.23. The number of benzene rings is 2. The molecule has 1 N–H and O–H groups in total. The van der Waals surface area contributed by atoms with Crippen LogP contribution in [0.5, 0.6) is 0 Å². The third-order valence-electron chi connectivity index (χ3n) is 3.20. The zero-order valence-electron chi connectivity index (χ0n) is 11.1. The van der Waals surface area contributed by atoms with Crippen LogP contribution >= 0.6 is 0 Å². The zero-order chi connectivity index (χ0) is 13.6. The van der Waals surface area contributed by atoms with Gasteiger partial charge in [0.05, 0.1) is 6.61 Å². The first-order valence-corrected chi connectivity index (χ1v) is 6.64. The molecule has 3 nitrogen and oxygen atoms in total. The van der Waals surface area contributed by atoms with Crippen LogP contribution < -0.4 is 5.48 Å². The maximum Gasteiger partial charge on any atom is 0.0933 e. The van der Waals surface area contributed by atoms with Gasteiger partial charge in [0.15, 0.2) is 0 Å². The minimum atomic E-state index is 0.555. The molecule has 3 rings (SSSR count). The number of aromatic nitrogens is 1. The van der Waals surface area contributed by atoms with Gasteiger partial charge in [-0.25, -0.2) is 0 Å². The summed E-state index contributed by atoms with van der Waals surface area (Å²) in [6.45, 7) is 1.19. The van der Waals surface area contributed by atoms with Crippen LogP contribution in [0.15, 0.2) is 67.0 Å². The zero-order valence-corrected chi connectivity index (χ0v) is 11.1. The fraction of sp³-hybridized carbons (Fsp3) is 0.118. The van der Waals surface area contributed by atoms with Crippen molar-refractivity contribution in [1.29, 1.82) is 0 Å². The molecule has 2 aromatic carbocycles. The lowest BCUT2D eigenvalue weighted by Gasteiger charge is -2.08. The van der Waals surface area contributed by atoms with Crippen molar-refractivity contribution in [1.82, 2.24) is 10.5 Å². The van der Waals surface area contributed by atoms with Gasteiger partial charge >= 0.3 is 0 Å². The van der Waals surface area contributed by atoms with Gasteiger partial charge in [-0.3, -0.25) is 9.82 Å². The SMILES string of the molecule is c1ccc(CONCc2cncc3ccccc23)cc1. The van der Waals surface area contributed by atoms with E-state index in [4.69, 9.17) is 4.84 Å². The van der Waals surface area contributed by atoms with Crippen LogP contribution in [0.25, 0.3) is 10.8 Å². The van der Waals surface area contributed by atoms with E-state index in [1.165, 1.54) is 5.39 Å². The van der Waals surface area contributed by atoms with Crippen molar-refractivity contribution in [3.63, 3.8) is 0 Å². The summed E-state index contributed by atoms with van der Waals surface area (Å²) in [7, 11) is 0. The molecule has 20 heavy (non-hydrogen) atoms. The van der Waals surface area contributed by atoms with Crippen LogP contribution in [0, 0.1) is 0 Å². The number of nitrogens with one attached hydrogen (secondary N) is 1. The lowest BCUT2D eigenvalue weighted by atomic mass is 10.1. The van der Waals surface area contributed by atoms with Crippen LogP contribution in [0.2, 0.25) is 0 Å². The highest BCUT2D eigenvalue weighted by Crippen LogP contribution is 2.16. The molecule has 3 aromatic rings. The molecule has 0 radical (unpaired) electrons. The molecule has 0 aliphatic heterocycles. The van der Waals surface area contributed by atoms with Gasteiger partial charge in [0, 0.05) is 24.3 Å². The molecular weight excluding hydrogens is 248 g/mol. The summed E-state index contributed by atoms with van der Waals surface area (Å²) in [6, 6.07) is 18.3. The molecule has 0 spiro atoms. The van der Waals surface area contributed by atoms with Gasteiger partial charge in [0.1, 0.15) is 0 Å². The van der Waals surface area contributed by atoms with Crippen molar-refractivity contribution in [2.45, 2.75) is 13.2 Å². The van der Waals surface area contributed by atoms with E-state index in [9.17, 15) is 0 Å². The summed E-state index contributed by atoms with van der Waals surface area (Å²) >= 11 is 0. The van der Waals surface area contributed by atoms with Gasteiger partial charge in [-0.05, 0) is 16.5 Å². The summed E-state index contributed by atoms with van der Waals surface area (Å²) in [5.41, 5.74) is 5.29. The smallest absolute Gasteiger partial charge is 0.0933 e. The topological polar surface area (TPSA) is 34.1 Å². The van der Waals surface area contributed by atoms with E-state index in [1.54, 1.807) is 0 Å². The predicted octanol–water partition coefficient (Wildman–Crippen LogP) is 3.46. The minimum Gasteiger partial charge on any atom is -0.297 e. The third kappa shape index (κ3) is 3.02. The molecule has 0 amide bonds. The first kappa shape index (κ1) is 12.8. The second kappa shape index (κ2) is 6.28. The van der Waals surface area contributed by atoms with E-state index in [0.29, 0.717) is 13.2 Å². The Morgan fingerprint density at radius 3 is 2.60 bits per heavy atom. The summed E-state index contributed by atoms with van der Waals surface area (Å²) in [6.07, 6.45) is 3.75. The highest BCUT2D eigenvalue weighted by Gasteiger charge is 2.00. The fourth-order valence-corrected chi connectivity index (χ4v) is 2.16. The highest BCUT2D eigenvalue weighted by molar-refractivity contribution is 5.84. The molecule has 1 aromatic heterocycles. The second-order valence-electron chi connectivity index (χ2n) is 4.62. The van der Waals surface area contributed by atoms with Crippen molar-refractivity contribution in [2.75, 3.05) is 0 Å². The van der Waals surface area contributed by atoms with Crippen LogP contribution in [-0.4, -0.2) is 4.98 Å². The molecule has 0 fully saturated rings. The van der Waals surface area contributed by atoms with Gasteiger partial charge in [0.2, 0.25) is 0 Å². The lowest BCUT2D eigenvalue weighted by molar-refractivity contribution is 0.0237. The van der Waals surface area contributed by atoms with Crippen LogP contribution in [-0.2, 0) is 18.0 Å². The average Bonchev–Trinajstić information content (AvgIpc) is 2.53. The van der Waals surface area contributed by atoms with E-state index < -0.39 is 0 Å². The van der Waals surface area contributed by atoms with Crippen LogP contribution in [0.3, 0.4) is 0 Å². The molecule has 1 heterocycles. The maximum atomic E-state index is 5.49. The highest BCUT2D eigenvalue weighted by atomic mass is 16.6. The number of hydroxylamine groups is 1. The van der Waals surface area contributed by atoms with Crippen molar-refractivity contribution in [2.24, 2.45) is 0 Å². The number of fused-ring (bicyclic) bond motifs is 1. The summed E-state index contributed by atoms with van der Waals surface area (Å²) in [5.74, 6) is 0. The average molecular weight is 264 g/mol. The van der Waals surface area contributed by atoms with E-state index in [1.807, 2.05) is 54.9 Å². The van der Waals surface area contributed by atoms with E-state index in [2.05, 4.69) is 22.6 Å². The molecule has 0 bridgehead atoms. The molecule has 100 valence electrons. The molecule has 3 heteroatoms. The number of rotatable bonds is 5. The monoisotopic (exact) mass is 264 g/mol. The first-order chi connectivity index (χ1) is 9.93. The van der Waals surface area contributed by atoms with Crippen molar-refractivity contribution in [3.05, 3.63) is 78.1 Å². The van der Waals surface area contributed by atoms with Gasteiger partial charge in [-0.1, -0.05) is 54.6 Å². The minimum absolute atomic E-state index is 0.555. The second-order valence-corrected chi connectivity index (χ2v) is 4.62. The molecule has 0 saturated heterocycles. The Labute approximate surface area is 118 Å². The van der Waals surface area contributed by atoms with E-state index in [-0.39, 0.29) is 0 Å². The van der Waals surface area contributed by atoms with Crippen LogP contribution in [0.1, 0.15) is 11.1 Å². The Morgan fingerprint density at radius 2 is 1.70 bits per heavy atom. The molecule has 0 unspecified atom stereocenters. The quantitative estimate of drug-likeness (QED) is 0.566. The van der Waals surface area contributed by atoms with Gasteiger partial charge in [-0.15, -0.1) is 0 Å². The fourth-order valence-electron chi connectivity index (χ4n) is 2.16. The molecule has 0 aliphatic carbocycles. The molecule has 0 atom stereocenters. The number of pyridine rings is 1. The normalized spacial score (nSPS) is 10.8. The predicted molar refractivity (Wildman–Crippen MR) is 79.8 cm³/mol. The Balaban J connectivity index is 1.60. The third-order valence-corrected chi connectivity index (χ3v) is 3.20. The molecular formula is C17H16N2O. The van der Waals surface area contributed by atoms with E-state index >= 15 is 0 Å². The standard InChI is InChI=1S/C17H16N2O/c1-2-6-14(7-3-1)13-20-19-12-16-11-18-10-15-8-4-5-9-17(15)16/h1-11,19H,12-13H2. The lowest BCUT2D eigenvalue weighted by Crippen LogP contribution is -2.14. The van der Waals surface area contributed by atoms with Gasteiger partial charge < -0.3 is 0 Å². The Morgan fingerprint density at radius 1 is 0.900 bits per heavy atom. The first-order valence-electron chi connectivity index (χ1n) is 6.64. The number of hydrogen-bond donors (Lipinski definition) is 1. The van der Waals surface area contributed by atoms with Gasteiger partial charge in [0.25, 0.3) is 0 Å². The largest absolute Gasteiger partial charge is 0.297 e. The summed E-state index contributed by atoms with van der Waals surface area (Å²) < 4.78 is 0. The summed E-state index contributed by atoms with van der Waals surface area (Å²) in [4.78, 5) is 9.75. The van der Waals surface area contributed by atoms with Crippen molar-refractivity contribution in [3.8, 4) is 0 Å². The maximum absolute atomic E-state index is 5.49. The molecule has 0 saturated carbocycles. The summed E-state index contributed by atoms with van der Waals surface area (Å²) in [5, 5.41) is 2.35.